The Morgan fingerprint density at radius 3 is 2.62 bits per heavy atom. The van der Waals surface area contributed by atoms with Crippen LogP contribution < -0.4 is 10.2 Å². The zero-order valence-electron chi connectivity index (χ0n) is 13.7. The summed E-state index contributed by atoms with van der Waals surface area (Å²) in [5.74, 6) is -0.224. The largest absolute Gasteiger partial charge is 0.363 e. The number of hydrogen-bond donors (Lipinski definition) is 1. The molecule has 1 N–H and O–H groups in total. The Balaban J connectivity index is 1.59. The van der Waals surface area contributed by atoms with Crippen molar-refractivity contribution in [3.8, 4) is 11.3 Å². The van der Waals surface area contributed by atoms with Gasteiger partial charge in [-0.05, 0) is 42.9 Å². The molecule has 4 nitrogen and oxygen atoms in total. The monoisotopic (exact) mass is 364 g/mol. The van der Waals surface area contributed by atoms with Crippen LogP contribution in [0.25, 0.3) is 11.3 Å². The highest BCUT2D eigenvalue weighted by Gasteiger charge is 2.21. The van der Waals surface area contributed by atoms with Gasteiger partial charge in [-0.2, -0.15) is 0 Å². The number of benzene rings is 1. The fourth-order valence-corrected chi connectivity index (χ4v) is 3.78. The van der Waals surface area contributed by atoms with E-state index in [1.54, 1.807) is 23.5 Å². The number of thiazole rings is 1. The summed E-state index contributed by atoms with van der Waals surface area (Å²) in [6.45, 7) is 6.68. The van der Waals surface area contributed by atoms with E-state index in [9.17, 15) is 4.39 Å². The molecule has 24 heavy (non-hydrogen) atoms. The highest BCUT2D eigenvalue weighted by molar-refractivity contribution is 7.80. The fourth-order valence-electron chi connectivity index (χ4n) is 2.61. The van der Waals surface area contributed by atoms with Gasteiger partial charge in [-0.1, -0.05) is 6.92 Å². The lowest BCUT2D eigenvalue weighted by Gasteiger charge is -2.36. The second-order valence-corrected chi connectivity index (χ2v) is 6.95. The SMILES string of the molecule is CCCNC(=S)N1CCN(c2nc(-c3ccc(F)cc3)cs2)CC1. The Morgan fingerprint density at radius 2 is 1.96 bits per heavy atom. The third kappa shape index (κ3) is 4.02. The molecule has 0 saturated carbocycles. The molecule has 1 aromatic carbocycles. The molecule has 3 rings (SSSR count). The molecule has 128 valence electrons. The Hall–Kier alpha value is -1.73. The van der Waals surface area contributed by atoms with Gasteiger partial charge in [0.25, 0.3) is 0 Å². The third-order valence-corrected chi connectivity index (χ3v) is 5.30. The molecule has 1 aromatic heterocycles. The van der Waals surface area contributed by atoms with Gasteiger partial charge in [0.05, 0.1) is 5.69 Å². The maximum atomic E-state index is 13.0. The number of halogens is 1. The van der Waals surface area contributed by atoms with Crippen LogP contribution in [0.4, 0.5) is 9.52 Å². The zero-order valence-corrected chi connectivity index (χ0v) is 15.3. The molecule has 1 aliphatic heterocycles. The summed E-state index contributed by atoms with van der Waals surface area (Å²) in [6.07, 6.45) is 1.07. The third-order valence-electron chi connectivity index (χ3n) is 4.00. The summed E-state index contributed by atoms with van der Waals surface area (Å²) >= 11 is 7.06. The standard InChI is InChI=1S/C17H21FN4S2/c1-2-7-19-16(23)21-8-10-22(11-9-21)17-20-15(12-24-17)13-3-5-14(18)6-4-13/h3-6,12H,2,7-11H2,1H3,(H,19,23). The molecule has 1 saturated heterocycles. The number of rotatable bonds is 4. The highest BCUT2D eigenvalue weighted by atomic mass is 32.1. The number of aromatic nitrogens is 1. The van der Waals surface area contributed by atoms with Crippen LogP contribution in [0.1, 0.15) is 13.3 Å². The van der Waals surface area contributed by atoms with Crippen LogP contribution in [0.5, 0.6) is 0 Å². The molecule has 7 heteroatoms. The Morgan fingerprint density at radius 1 is 1.25 bits per heavy atom. The maximum absolute atomic E-state index is 13.0. The van der Waals surface area contributed by atoms with Crippen LogP contribution in [0.15, 0.2) is 29.6 Å². The van der Waals surface area contributed by atoms with E-state index in [0.29, 0.717) is 0 Å². The second kappa shape index (κ2) is 7.90. The van der Waals surface area contributed by atoms with Crippen LogP contribution in [-0.2, 0) is 0 Å². The first-order valence-electron chi connectivity index (χ1n) is 8.16. The van der Waals surface area contributed by atoms with E-state index in [2.05, 4.69) is 22.0 Å². The first kappa shape index (κ1) is 17.1. The molecule has 0 aliphatic carbocycles. The van der Waals surface area contributed by atoms with Gasteiger partial charge in [0.2, 0.25) is 0 Å². The molecule has 1 aliphatic rings. The summed E-state index contributed by atoms with van der Waals surface area (Å²) in [4.78, 5) is 9.21. The number of hydrogen-bond acceptors (Lipinski definition) is 4. The lowest BCUT2D eigenvalue weighted by Crippen LogP contribution is -2.51. The van der Waals surface area contributed by atoms with Crippen molar-refractivity contribution in [1.29, 1.82) is 0 Å². The topological polar surface area (TPSA) is 31.4 Å². The van der Waals surface area contributed by atoms with E-state index in [1.807, 2.05) is 5.38 Å². The normalized spacial score (nSPS) is 14.8. The Kier molecular flexibility index (Phi) is 5.63. The number of nitrogens with one attached hydrogen (secondary N) is 1. The summed E-state index contributed by atoms with van der Waals surface area (Å²) in [7, 11) is 0. The van der Waals surface area contributed by atoms with Gasteiger partial charge in [0.1, 0.15) is 5.82 Å². The summed E-state index contributed by atoms with van der Waals surface area (Å²) in [6, 6.07) is 6.47. The van der Waals surface area contributed by atoms with Gasteiger partial charge < -0.3 is 15.1 Å². The first-order valence-corrected chi connectivity index (χ1v) is 9.45. The van der Waals surface area contributed by atoms with E-state index in [4.69, 9.17) is 17.2 Å². The fraction of sp³-hybridized carbons (Fsp3) is 0.412. The predicted molar refractivity (Wildman–Crippen MR) is 102 cm³/mol. The molecule has 0 atom stereocenters. The van der Waals surface area contributed by atoms with E-state index in [-0.39, 0.29) is 5.82 Å². The minimum atomic E-state index is -0.224. The first-order chi connectivity index (χ1) is 11.7. The van der Waals surface area contributed by atoms with Crippen LogP contribution in [0, 0.1) is 5.82 Å². The molecule has 0 spiro atoms. The average molecular weight is 365 g/mol. The van der Waals surface area contributed by atoms with Crippen molar-refractivity contribution in [2.75, 3.05) is 37.6 Å². The van der Waals surface area contributed by atoms with E-state index < -0.39 is 0 Å². The van der Waals surface area contributed by atoms with E-state index >= 15 is 0 Å². The Bertz CT molecular complexity index is 678. The number of piperazine rings is 1. The average Bonchev–Trinajstić information content (AvgIpc) is 3.10. The van der Waals surface area contributed by atoms with Crippen molar-refractivity contribution in [3.63, 3.8) is 0 Å². The van der Waals surface area contributed by atoms with Gasteiger partial charge in [0, 0.05) is 43.7 Å². The number of anilines is 1. The van der Waals surface area contributed by atoms with Crippen LogP contribution >= 0.6 is 23.6 Å². The lowest BCUT2D eigenvalue weighted by atomic mass is 10.2. The molecule has 2 heterocycles. The van der Waals surface area contributed by atoms with Crippen molar-refractivity contribution >= 4 is 33.8 Å². The molecule has 0 amide bonds. The summed E-state index contributed by atoms with van der Waals surface area (Å²) < 4.78 is 13.0. The quantitative estimate of drug-likeness (QED) is 0.841. The zero-order chi connectivity index (χ0) is 16.9. The van der Waals surface area contributed by atoms with Gasteiger partial charge in [-0.15, -0.1) is 11.3 Å². The van der Waals surface area contributed by atoms with Crippen molar-refractivity contribution in [2.45, 2.75) is 13.3 Å². The smallest absolute Gasteiger partial charge is 0.185 e. The molecule has 2 aromatic rings. The number of thiocarbonyl (C=S) groups is 1. The van der Waals surface area contributed by atoms with E-state index in [0.717, 1.165) is 60.6 Å². The lowest BCUT2D eigenvalue weighted by molar-refractivity contribution is 0.380. The minimum Gasteiger partial charge on any atom is -0.363 e. The molecule has 0 radical (unpaired) electrons. The Labute approximate surface area is 151 Å². The minimum absolute atomic E-state index is 0.224. The number of nitrogens with zero attached hydrogens (tertiary/aromatic N) is 3. The maximum Gasteiger partial charge on any atom is 0.185 e. The molecule has 1 fully saturated rings. The summed E-state index contributed by atoms with van der Waals surface area (Å²) in [5, 5.41) is 7.18. The van der Waals surface area contributed by atoms with Gasteiger partial charge in [-0.25, -0.2) is 9.37 Å². The van der Waals surface area contributed by atoms with Crippen molar-refractivity contribution in [2.24, 2.45) is 0 Å². The van der Waals surface area contributed by atoms with Crippen LogP contribution in [0.3, 0.4) is 0 Å². The van der Waals surface area contributed by atoms with Gasteiger partial charge in [0.15, 0.2) is 10.2 Å². The molecular weight excluding hydrogens is 343 g/mol. The molecular formula is C17H21FN4S2. The van der Waals surface area contributed by atoms with Crippen LogP contribution in [0.2, 0.25) is 0 Å². The van der Waals surface area contributed by atoms with Crippen molar-refractivity contribution < 1.29 is 4.39 Å². The second-order valence-electron chi connectivity index (χ2n) is 5.73. The van der Waals surface area contributed by atoms with E-state index in [1.165, 1.54) is 12.1 Å². The summed E-state index contributed by atoms with van der Waals surface area (Å²) in [5.41, 5.74) is 1.85. The van der Waals surface area contributed by atoms with Gasteiger partial charge in [-0.3, -0.25) is 0 Å². The van der Waals surface area contributed by atoms with Crippen molar-refractivity contribution in [1.82, 2.24) is 15.2 Å². The molecule has 0 bridgehead atoms. The van der Waals surface area contributed by atoms with Gasteiger partial charge >= 0.3 is 0 Å². The molecule has 0 unspecified atom stereocenters. The van der Waals surface area contributed by atoms with Crippen molar-refractivity contribution in [3.05, 3.63) is 35.5 Å². The highest BCUT2D eigenvalue weighted by Crippen LogP contribution is 2.28. The van der Waals surface area contributed by atoms with Crippen LogP contribution in [-0.4, -0.2) is 47.7 Å². The predicted octanol–water partition coefficient (Wildman–Crippen LogP) is 3.36.